The van der Waals surface area contributed by atoms with Gasteiger partial charge in [0.1, 0.15) is 5.75 Å². The zero-order chi connectivity index (χ0) is 15.2. The van der Waals surface area contributed by atoms with E-state index in [4.69, 9.17) is 22.1 Å². The molecule has 1 saturated heterocycles. The van der Waals surface area contributed by atoms with E-state index in [0.717, 1.165) is 19.4 Å². The van der Waals surface area contributed by atoms with Crippen LogP contribution in [0.15, 0.2) is 18.2 Å². The zero-order valence-corrected chi connectivity index (χ0v) is 13.0. The maximum Gasteiger partial charge on any atom is 0.238 e. The quantitative estimate of drug-likeness (QED) is 0.874. The van der Waals surface area contributed by atoms with Crippen molar-refractivity contribution >= 4 is 23.2 Å². The van der Waals surface area contributed by atoms with Gasteiger partial charge >= 0.3 is 0 Å². The van der Waals surface area contributed by atoms with Gasteiger partial charge in [-0.15, -0.1) is 0 Å². The molecule has 2 rings (SSSR count). The van der Waals surface area contributed by atoms with Crippen molar-refractivity contribution in [3.8, 4) is 5.75 Å². The summed E-state index contributed by atoms with van der Waals surface area (Å²) >= 11 is 6.05. The minimum Gasteiger partial charge on any atom is -0.495 e. The fourth-order valence-corrected chi connectivity index (χ4v) is 2.92. The molecule has 1 aliphatic rings. The fourth-order valence-electron chi connectivity index (χ4n) is 2.66. The molecule has 1 fully saturated rings. The molecule has 0 radical (unpaired) electrons. The van der Waals surface area contributed by atoms with Crippen molar-refractivity contribution in [2.24, 2.45) is 5.73 Å². The van der Waals surface area contributed by atoms with E-state index in [-0.39, 0.29) is 5.91 Å². The van der Waals surface area contributed by atoms with Crippen LogP contribution < -0.4 is 15.8 Å². The Hall–Kier alpha value is -1.30. The Kier molecular flexibility index (Phi) is 5.85. The van der Waals surface area contributed by atoms with E-state index in [1.54, 1.807) is 25.3 Å². The van der Waals surface area contributed by atoms with Crippen molar-refractivity contribution in [2.75, 3.05) is 32.1 Å². The van der Waals surface area contributed by atoms with Gasteiger partial charge < -0.3 is 15.8 Å². The summed E-state index contributed by atoms with van der Waals surface area (Å²) < 4.78 is 5.09. The monoisotopic (exact) mass is 311 g/mol. The van der Waals surface area contributed by atoms with Crippen LogP contribution in [0.3, 0.4) is 0 Å². The number of halogens is 1. The normalized spacial score (nSPS) is 19.3. The second kappa shape index (κ2) is 7.64. The van der Waals surface area contributed by atoms with Crippen LogP contribution in [-0.4, -0.2) is 43.6 Å². The van der Waals surface area contributed by atoms with Crippen molar-refractivity contribution in [1.29, 1.82) is 0 Å². The number of nitrogens with zero attached hydrogens (tertiary/aromatic N) is 1. The Morgan fingerprint density at radius 1 is 1.52 bits per heavy atom. The first-order chi connectivity index (χ1) is 10.1. The van der Waals surface area contributed by atoms with Crippen LogP contribution in [0.2, 0.25) is 5.02 Å². The van der Waals surface area contributed by atoms with Gasteiger partial charge in [0.25, 0.3) is 0 Å². The number of hydrogen-bond acceptors (Lipinski definition) is 4. The molecule has 6 heteroatoms. The molecule has 3 N–H and O–H groups in total. The lowest BCUT2D eigenvalue weighted by Gasteiger charge is -2.34. The standard InChI is InChI=1S/C15H22ClN3O2/c1-21-14-6-5-11(8-13(14)16)18-15(20)10-19-7-3-2-4-12(19)9-17/h5-6,8,12H,2-4,7,9-10,17H2,1H3,(H,18,20). The third kappa shape index (κ3) is 4.33. The van der Waals surface area contributed by atoms with Gasteiger partial charge in [-0.3, -0.25) is 9.69 Å². The maximum absolute atomic E-state index is 12.1. The minimum atomic E-state index is -0.0448. The van der Waals surface area contributed by atoms with Crippen molar-refractivity contribution in [3.63, 3.8) is 0 Å². The Morgan fingerprint density at radius 3 is 3.00 bits per heavy atom. The molecule has 0 spiro atoms. The Bertz CT molecular complexity index is 496. The molecule has 1 unspecified atom stereocenters. The van der Waals surface area contributed by atoms with E-state index < -0.39 is 0 Å². The first kappa shape index (κ1) is 16.1. The minimum absolute atomic E-state index is 0.0448. The molecule has 0 saturated carbocycles. The van der Waals surface area contributed by atoms with E-state index in [1.807, 2.05) is 0 Å². The van der Waals surface area contributed by atoms with Gasteiger partial charge in [-0.1, -0.05) is 18.0 Å². The second-order valence-electron chi connectivity index (χ2n) is 5.25. The summed E-state index contributed by atoms with van der Waals surface area (Å²) in [6.07, 6.45) is 3.38. The highest BCUT2D eigenvalue weighted by Crippen LogP contribution is 2.27. The van der Waals surface area contributed by atoms with Crippen LogP contribution in [0.5, 0.6) is 5.75 Å². The van der Waals surface area contributed by atoms with Crippen LogP contribution in [0.25, 0.3) is 0 Å². The first-order valence-corrected chi connectivity index (χ1v) is 7.59. The first-order valence-electron chi connectivity index (χ1n) is 7.21. The molecular formula is C15H22ClN3O2. The number of likely N-dealkylation sites (tertiary alicyclic amines) is 1. The van der Waals surface area contributed by atoms with E-state index in [9.17, 15) is 4.79 Å². The molecule has 116 valence electrons. The molecule has 21 heavy (non-hydrogen) atoms. The molecule has 1 aromatic carbocycles. The fraction of sp³-hybridized carbons (Fsp3) is 0.533. The number of piperidine rings is 1. The number of ether oxygens (including phenoxy) is 1. The van der Waals surface area contributed by atoms with Crippen molar-refractivity contribution < 1.29 is 9.53 Å². The molecular weight excluding hydrogens is 290 g/mol. The Morgan fingerprint density at radius 2 is 2.33 bits per heavy atom. The third-order valence-corrected chi connectivity index (χ3v) is 4.10. The third-order valence-electron chi connectivity index (χ3n) is 3.80. The number of carbonyl (C=O) groups is 1. The van der Waals surface area contributed by atoms with Gasteiger partial charge in [0, 0.05) is 18.3 Å². The molecule has 1 aromatic rings. The number of nitrogens with two attached hydrogens (primary N) is 1. The number of benzene rings is 1. The Balaban J connectivity index is 1.93. The van der Waals surface area contributed by atoms with E-state index in [2.05, 4.69) is 10.2 Å². The van der Waals surface area contributed by atoms with Crippen LogP contribution in [0.1, 0.15) is 19.3 Å². The molecule has 1 heterocycles. The summed E-state index contributed by atoms with van der Waals surface area (Å²) in [6, 6.07) is 5.51. The highest BCUT2D eigenvalue weighted by molar-refractivity contribution is 6.32. The smallest absolute Gasteiger partial charge is 0.238 e. The van der Waals surface area contributed by atoms with Gasteiger partial charge in [0.05, 0.1) is 18.7 Å². The van der Waals surface area contributed by atoms with E-state index in [0.29, 0.717) is 35.6 Å². The maximum atomic E-state index is 12.1. The summed E-state index contributed by atoms with van der Waals surface area (Å²) in [4.78, 5) is 14.3. The van der Waals surface area contributed by atoms with Gasteiger partial charge in [0.2, 0.25) is 5.91 Å². The molecule has 1 amide bonds. The van der Waals surface area contributed by atoms with E-state index in [1.165, 1.54) is 6.42 Å². The van der Waals surface area contributed by atoms with Crippen LogP contribution >= 0.6 is 11.6 Å². The summed E-state index contributed by atoms with van der Waals surface area (Å²) in [5, 5.41) is 3.34. The van der Waals surface area contributed by atoms with Gasteiger partial charge in [-0.2, -0.15) is 0 Å². The molecule has 1 atom stereocenters. The summed E-state index contributed by atoms with van der Waals surface area (Å²) in [7, 11) is 1.56. The number of carbonyl (C=O) groups excluding carboxylic acids is 1. The lowest BCUT2D eigenvalue weighted by atomic mass is 10.0. The summed E-state index contributed by atoms with van der Waals surface area (Å²) in [6.45, 7) is 1.89. The van der Waals surface area contributed by atoms with Gasteiger partial charge in [-0.05, 0) is 37.6 Å². The van der Waals surface area contributed by atoms with Crippen molar-refractivity contribution in [3.05, 3.63) is 23.2 Å². The molecule has 5 nitrogen and oxygen atoms in total. The van der Waals surface area contributed by atoms with E-state index >= 15 is 0 Å². The lowest BCUT2D eigenvalue weighted by Crippen LogP contribution is -2.47. The molecule has 0 aliphatic carbocycles. The number of rotatable bonds is 5. The topological polar surface area (TPSA) is 67.6 Å². The highest BCUT2D eigenvalue weighted by Gasteiger charge is 2.23. The molecule has 1 aliphatic heterocycles. The average Bonchev–Trinajstić information content (AvgIpc) is 2.48. The second-order valence-corrected chi connectivity index (χ2v) is 5.66. The van der Waals surface area contributed by atoms with Crippen LogP contribution in [0.4, 0.5) is 5.69 Å². The summed E-state index contributed by atoms with van der Waals surface area (Å²) in [5.74, 6) is 0.547. The van der Waals surface area contributed by atoms with Crippen molar-refractivity contribution in [2.45, 2.75) is 25.3 Å². The highest BCUT2D eigenvalue weighted by atomic mass is 35.5. The van der Waals surface area contributed by atoms with Crippen molar-refractivity contribution in [1.82, 2.24) is 4.90 Å². The predicted octanol–water partition coefficient (Wildman–Crippen LogP) is 2.10. The number of methoxy groups -OCH3 is 1. The molecule has 0 aromatic heterocycles. The zero-order valence-electron chi connectivity index (χ0n) is 12.3. The number of hydrogen-bond donors (Lipinski definition) is 2. The predicted molar refractivity (Wildman–Crippen MR) is 84.9 cm³/mol. The SMILES string of the molecule is COc1ccc(NC(=O)CN2CCCCC2CN)cc1Cl. The number of amides is 1. The van der Waals surface area contributed by atoms with Gasteiger partial charge in [0.15, 0.2) is 0 Å². The largest absolute Gasteiger partial charge is 0.495 e. The summed E-state index contributed by atoms with van der Waals surface area (Å²) in [5.41, 5.74) is 6.44. The Labute approximate surface area is 130 Å². The number of anilines is 1. The molecule has 0 bridgehead atoms. The van der Waals surface area contributed by atoms with Crippen LogP contribution in [0, 0.1) is 0 Å². The lowest BCUT2D eigenvalue weighted by molar-refractivity contribution is -0.118. The average molecular weight is 312 g/mol. The number of nitrogens with one attached hydrogen (secondary N) is 1. The van der Waals surface area contributed by atoms with Crippen LogP contribution in [-0.2, 0) is 4.79 Å². The van der Waals surface area contributed by atoms with Gasteiger partial charge in [-0.25, -0.2) is 0 Å².